The molecule has 0 aliphatic carbocycles. The Balaban J connectivity index is 0. The number of hydrogen-bond acceptors (Lipinski definition) is 4. The second-order valence-electron chi connectivity index (χ2n) is 2.43. The van der Waals surface area contributed by atoms with Crippen molar-refractivity contribution < 1.29 is 9.90 Å². The van der Waals surface area contributed by atoms with Gasteiger partial charge in [-0.2, -0.15) is 0 Å². The summed E-state index contributed by atoms with van der Waals surface area (Å²) < 4.78 is 0. The third kappa shape index (κ3) is 7.14. The Morgan fingerprint density at radius 2 is 1.85 bits per heavy atom. The molecule has 0 aromatic heterocycles. The van der Waals surface area contributed by atoms with Crippen molar-refractivity contribution in [3.05, 3.63) is 11.9 Å². The molecule has 0 bridgehead atoms. The molecule has 0 amide bonds. The van der Waals surface area contributed by atoms with E-state index in [4.69, 9.17) is 16.7 Å². The van der Waals surface area contributed by atoms with Crippen molar-refractivity contribution in [1.82, 2.24) is 5.01 Å². The molecule has 0 radical (unpaired) electrons. The molecule has 0 saturated carbocycles. The smallest absolute Gasteiger partial charge is 0.353 e. The summed E-state index contributed by atoms with van der Waals surface area (Å²) in [5, 5.41) is 9.58. The number of rotatable bonds is 3. The van der Waals surface area contributed by atoms with Gasteiger partial charge in [-0.15, -0.1) is 0 Å². The molecule has 13 heavy (non-hydrogen) atoms. The van der Waals surface area contributed by atoms with Gasteiger partial charge < -0.3 is 15.8 Å². The topological polar surface area (TPSA) is 92.6 Å². The first-order chi connectivity index (χ1) is 5.95. The minimum atomic E-state index is -1.17. The Labute approximate surface area is 79.0 Å². The summed E-state index contributed by atoms with van der Waals surface area (Å²) in [6, 6.07) is 0.0351. The third-order valence-corrected chi connectivity index (χ3v) is 1.13. The number of aliphatic carboxylic acids is 1. The van der Waals surface area contributed by atoms with Crippen LogP contribution >= 0.6 is 0 Å². The van der Waals surface area contributed by atoms with Gasteiger partial charge >= 0.3 is 5.97 Å². The van der Waals surface area contributed by atoms with Gasteiger partial charge in [-0.05, 0) is 13.8 Å². The summed E-state index contributed by atoms with van der Waals surface area (Å²) in [6.45, 7) is 7.65. The highest BCUT2D eigenvalue weighted by Gasteiger charge is 2.04. The van der Waals surface area contributed by atoms with Crippen LogP contribution in [-0.4, -0.2) is 22.1 Å². The van der Waals surface area contributed by atoms with E-state index in [0.29, 0.717) is 0 Å². The molecule has 0 aromatic rings. The van der Waals surface area contributed by atoms with Crippen molar-refractivity contribution in [2.24, 2.45) is 11.6 Å². The number of nitrogens with two attached hydrogens (primary N) is 2. The monoisotopic (exact) mass is 189 g/mol. The molecule has 0 aliphatic rings. The van der Waals surface area contributed by atoms with Gasteiger partial charge in [0.25, 0.3) is 0 Å². The minimum Gasteiger partial charge on any atom is -0.477 e. The standard InChI is InChI=1S/C6H13N3O2.C2H6/c1-4(2)9(8)3-5(7)6(10)11;1-2/h3-4H,7-8H2,1-2H3,(H,10,11);1-2H3/b5-3-;. The van der Waals surface area contributed by atoms with E-state index in [9.17, 15) is 4.79 Å². The normalized spacial score (nSPS) is 10.5. The van der Waals surface area contributed by atoms with Crippen LogP contribution < -0.4 is 11.6 Å². The molecule has 5 nitrogen and oxygen atoms in total. The lowest BCUT2D eigenvalue weighted by molar-refractivity contribution is -0.132. The van der Waals surface area contributed by atoms with Crippen molar-refractivity contribution in [1.29, 1.82) is 0 Å². The van der Waals surface area contributed by atoms with Crippen LogP contribution in [0.4, 0.5) is 0 Å². The largest absolute Gasteiger partial charge is 0.477 e. The van der Waals surface area contributed by atoms with Crippen LogP contribution in [0.15, 0.2) is 11.9 Å². The SMILES string of the molecule is CC.CC(C)N(N)/C=C(\N)C(=O)O. The lowest BCUT2D eigenvalue weighted by Gasteiger charge is -2.17. The zero-order valence-corrected chi connectivity index (χ0v) is 8.61. The van der Waals surface area contributed by atoms with Crippen LogP contribution in [0.5, 0.6) is 0 Å². The summed E-state index contributed by atoms with van der Waals surface area (Å²) in [5.74, 6) is 4.20. The molecule has 0 rings (SSSR count). The number of hydrazine groups is 1. The maximum Gasteiger partial charge on any atom is 0.353 e. The van der Waals surface area contributed by atoms with E-state index in [0.717, 1.165) is 0 Å². The van der Waals surface area contributed by atoms with Crippen molar-refractivity contribution >= 4 is 5.97 Å². The quantitative estimate of drug-likeness (QED) is 0.341. The maximum atomic E-state index is 10.2. The number of carboxylic acids is 1. The van der Waals surface area contributed by atoms with Gasteiger partial charge in [-0.1, -0.05) is 13.8 Å². The summed E-state index contributed by atoms with van der Waals surface area (Å²) in [4.78, 5) is 10.2. The number of nitrogens with zero attached hydrogens (tertiary/aromatic N) is 1. The molecule has 0 unspecified atom stereocenters. The molecule has 5 N–H and O–H groups in total. The van der Waals surface area contributed by atoms with Crippen LogP contribution in [0.2, 0.25) is 0 Å². The molecule has 0 atom stereocenters. The lowest BCUT2D eigenvalue weighted by Crippen LogP contribution is -2.34. The number of hydrogen-bond donors (Lipinski definition) is 3. The van der Waals surface area contributed by atoms with Crippen molar-refractivity contribution in [3.8, 4) is 0 Å². The van der Waals surface area contributed by atoms with Gasteiger partial charge in [0, 0.05) is 12.2 Å². The highest BCUT2D eigenvalue weighted by Crippen LogP contribution is 1.93. The van der Waals surface area contributed by atoms with Crippen molar-refractivity contribution in [3.63, 3.8) is 0 Å². The molecule has 5 heteroatoms. The first kappa shape index (κ1) is 14.3. The Kier molecular flexibility index (Phi) is 8.16. The minimum absolute atomic E-state index is 0.0351. The Bertz CT molecular complexity index is 178. The van der Waals surface area contributed by atoms with Crippen LogP contribution in [0.25, 0.3) is 0 Å². The molecule has 0 aromatic carbocycles. The van der Waals surface area contributed by atoms with Crippen LogP contribution in [0.1, 0.15) is 27.7 Å². The van der Waals surface area contributed by atoms with Gasteiger partial charge in [0.1, 0.15) is 5.70 Å². The predicted molar refractivity (Wildman–Crippen MR) is 52.4 cm³/mol. The van der Waals surface area contributed by atoms with E-state index in [1.165, 1.54) is 11.2 Å². The lowest BCUT2D eigenvalue weighted by atomic mass is 10.4. The van der Waals surface area contributed by atoms with Gasteiger partial charge in [0.15, 0.2) is 0 Å². The molecule has 0 fully saturated rings. The molecular formula is C8H19N3O2. The second-order valence-corrected chi connectivity index (χ2v) is 2.43. The summed E-state index contributed by atoms with van der Waals surface area (Å²) >= 11 is 0. The summed E-state index contributed by atoms with van der Waals surface area (Å²) in [5.41, 5.74) is 4.83. The Morgan fingerprint density at radius 3 is 2.08 bits per heavy atom. The number of carboxylic acid groups (broad SMARTS) is 1. The first-order valence-electron chi connectivity index (χ1n) is 4.18. The van der Waals surface area contributed by atoms with E-state index >= 15 is 0 Å². The molecule has 0 saturated heterocycles. The number of carbonyl (C=O) groups is 1. The molecule has 0 heterocycles. The zero-order chi connectivity index (χ0) is 11.0. The fourth-order valence-corrected chi connectivity index (χ4v) is 0.365. The van der Waals surface area contributed by atoms with Crippen LogP contribution in [0, 0.1) is 0 Å². The van der Waals surface area contributed by atoms with E-state index in [-0.39, 0.29) is 11.7 Å². The zero-order valence-electron chi connectivity index (χ0n) is 8.61. The molecular weight excluding hydrogens is 170 g/mol. The van der Waals surface area contributed by atoms with Crippen molar-refractivity contribution in [2.45, 2.75) is 33.7 Å². The maximum absolute atomic E-state index is 10.2. The fraction of sp³-hybridized carbons (Fsp3) is 0.625. The average molecular weight is 189 g/mol. The average Bonchev–Trinajstić information content (AvgIpc) is 2.07. The highest BCUT2D eigenvalue weighted by molar-refractivity contribution is 5.85. The highest BCUT2D eigenvalue weighted by atomic mass is 16.4. The fourth-order valence-electron chi connectivity index (χ4n) is 0.365. The van der Waals surface area contributed by atoms with Crippen LogP contribution in [-0.2, 0) is 4.79 Å². The van der Waals surface area contributed by atoms with Crippen LogP contribution in [0.3, 0.4) is 0 Å². The van der Waals surface area contributed by atoms with E-state index in [1.54, 1.807) is 0 Å². The summed E-state index contributed by atoms with van der Waals surface area (Å²) in [6.07, 6.45) is 1.19. The van der Waals surface area contributed by atoms with E-state index in [2.05, 4.69) is 0 Å². The van der Waals surface area contributed by atoms with Gasteiger partial charge in [-0.3, -0.25) is 0 Å². The molecule has 0 spiro atoms. The van der Waals surface area contributed by atoms with Gasteiger partial charge in [0.05, 0.1) is 0 Å². The van der Waals surface area contributed by atoms with Gasteiger partial charge in [-0.25, -0.2) is 10.6 Å². The van der Waals surface area contributed by atoms with Gasteiger partial charge in [0.2, 0.25) is 0 Å². The summed E-state index contributed by atoms with van der Waals surface area (Å²) in [7, 11) is 0. The third-order valence-electron chi connectivity index (χ3n) is 1.13. The Morgan fingerprint density at radius 1 is 1.46 bits per heavy atom. The Hall–Kier alpha value is -1.23. The van der Waals surface area contributed by atoms with Crippen molar-refractivity contribution in [2.75, 3.05) is 0 Å². The molecule has 0 aliphatic heterocycles. The molecule has 78 valence electrons. The first-order valence-corrected chi connectivity index (χ1v) is 4.18. The van der Waals surface area contributed by atoms with E-state index < -0.39 is 5.97 Å². The predicted octanol–water partition coefficient (Wildman–Crippen LogP) is 0.481. The second kappa shape index (κ2) is 7.42. The van der Waals surface area contributed by atoms with E-state index in [1.807, 2.05) is 27.7 Å².